The van der Waals surface area contributed by atoms with Crippen molar-refractivity contribution in [1.82, 2.24) is 14.9 Å². The van der Waals surface area contributed by atoms with Gasteiger partial charge in [0.1, 0.15) is 4.90 Å². The summed E-state index contributed by atoms with van der Waals surface area (Å²) in [7, 11) is 5.34. The maximum atomic E-state index is 5.87. The number of nitrogen functional groups attached to an aromatic ring is 1. The first-order chi connectivity index (χ1) is 12.1. The number of piperazine rings is 1. The molecule has 2 N–H and O–H groups in total. The second-order valence-electron chi connectivity index (χ2n) is 5.84. The molecule has 0 aliphatic carbocycles. The maximum Gasteiger partial charge on any atom is 0.236 e. The fraction of sp³-hybridized carbons (Fsp3) is 0.412. The molecule has 0 amide bonds. The number of hydrogen-bond donors (Lipinski definition) is 1. The largest absolute Gasteiger partial charge is 0.480 e. The third kappa shape index (κ3) is 4.08. The van der Waals surface area contributed by atoms with Crippen LogP contribution in [0.15, 0.2) is 34.1 Å². The summed E-state index contributed by atoms with van der Waals surface area (Å²) in [5.74, 6) is 1.65. The first-order valence-electron chi connectivity index (χ1n) is 8.07. The number of anilines is 2. The van der Waals surface area contributed by atoms with Gasteiger partial charge < -0.3 is 25.0 Å². The van der Waals surface area contributed by atoms with Crippen LogP contribution in [0.2, 0.25) is 0 Å². The van der Waals surface area contributed by atoms with Crippen LogP contribution in [-0.2, 0) is 0 Å². The Morgan fingerprint density at radius 2 is 1.68 bits per heavy atom. The van der Waals surface area contributed by atoms with Crippen LogP contribution in [0, 0.1) is 0 Å². The predicted molar refractivity (Wildman–Crippen MR) is 99.8 cm³/mol. The molecular weight excluding hydrogens is 338 g/mol. The van der Waals surface area contributed by atoms with Crippen molar-refractivity contribution in [3.63, 3.8) is 0 Å². The van der Waals surface area contributed by atoms with Crippen LogP contribution in [-0.4, -0.2) is 62.3 Å². The van der Waals surface area contributed by atoms with Crippen molar-refractivity contribution in [3.05, 3.63) is 24.3 Å². The average Bonchev–Trinajstić information content (AvgIpc) is 2.62. The van der Waals surface area contributed by atoms with Crippen LogP contribution >= 0.6 is 11.8 Å². The second kappa shape index (κ2) is 7.79. The summed E-state index contributed by atoms with van der Waals surface area (Å²) in [6.07, 6.45) is 0. The summed E-state index contributed by atoms with van der Waals surface area (Å²) in [4.78, 5) is 15.4. The number of rotatable bonds is 5. The fourth-order valence-corrected chi connectivity index (χ4v) is 3.62. The highest BCUT2D eigenvalue weighted by Gasteiger charge is 2.22. The van der Waals surface area contributed by atoms with Gasteiger partial charge in [0.25, 0.3) is 0 Å². The molecule has 2 heterocycles. The Bertz CT molecular complexity index is 710. The lowest BCUT2D eigenvalue weighted by Gasteiger charge is -2.32. The lowest BCUT2D eigenvalue weighted by atomic mass is 10.3. The van der Waals surface area contributed by atoms with Gasteiger partial charge in [-0.3, -0.25) is 0 Å². The summed E-state index contributed by atoms with van der Waals surface area (Å²) in [6.45, 7) is 3.72. The van der Waals surface area contributed by atoms with E-state index in [9.17, 15) is 0 Å². The molecule has 1 aliphatic heterocycles. The molecule has 8 heteroatoms. The molecular formula is C17H23N5O2S. The predicted octanol–water partition coefficient (Wildman–Crippen LogP) is 1.98. The molecule has 0 spiro atoms. The zero-order chi connectivity index (χ0) is 17.8. The molecule has 1 saturated heterocycles. The zero-order valence-corrected chi connectivity index (χ0v) is 15.5. The summed E-state index contributed by atoms with van der Waals surface area (Å²) >= 11 is 1.48. The van der Waals surface area contributed by atoms with Gasteiger partial charge in [0.15, 0.2) is 0 Å². The molecule has 7 nitrogen and oxygen atoms in total. The molecule has 25 heavy (non-hydrogen) atoms. The second-order valence-corrected chi connectivity index (χ2v) is 6.92. The Labute approximate surface area is 152 Å². The van der Waals surface area contributed by atoms with Crippen LogP contribution < -0.4 is 20.1 Å². The Balaban J connectivity index is 1.92. The van der Waals surface area contributed by atoms with Crippen molar-refractivity contribution in [1.29, 1.82) is 0 Å². The lowest BCUT2D eigenvalue weighted by Crippen LogP contribution is -2.45. The highest BCUT2D eigenvalue weighted by molar-refractivity contribution is 7.99. The minimum atomic E-state index is 0.508. The number of likely N-dealkylation sites (N-methyl/N-ethyl adjacent to an activating group) is 1. The smallest absolute Gasteiger partial charge is 0.236 e. The van der Waals surface area contributed by atoms with Gasteiger partial charge in [-0.1, -0.05) is 17.8 Å². The first kappa shape index (κ1) is 17.6. The van der Waals surface area contributed by atoms with E-state index in [2.05, 4.69) is 26.8 Å². The van der Waals surface area contributed by atoms with Crippen molar-refractivity contribution in [2.24, 2.45) is 0 Å². The van der Waals surface area contributed by atoms with Crippen molar-refractivity contribution < 1.29 is 9.47 Å². The van der Waals surface area contributed by atoms with E-state index in [-0.39, 0.29) is 0 Å². The number of nitrogens with zero attached hydrogens (tertiary/aromatic N) is 4. The topological polar surface area (TPSA) is 76.7 Å². The van der Waals surface area contributed by atoms with Gasteiger partial charge in [0.05, 0.1) is 14.2 Å². The Morgan fingerprint density at radius 1 is 1.04 bits per heavy atom. The molecule has 1 aromatic carbocycles. The molecule has 2 aromatic rings. The van der Waals surface area contributed by atoms with Gasteiger partial charge in [-0.15, -0.1) is 0 Å². The summed E-state index contributed by atoms with van der Waals surface area (Å²) in [6, 6.07) is 7.65. The van der Waals surface area contributed by atoms with Crippen LogP contribution in [0.5, 0.6) is 11.8 Å². The normalized spacial score (nSPS) is 15.2. The fourth-order valence-electron chi connectivity index (χ4n) is 2.61. The molecule has 0 atom stereocenters. The van der Waals surface area contributed by atoms with Gasteiger partial charge in [-0.2, -0.15) is 9.97 Å². The van der Waals surface area contributed by atoms with Crippen LogP contribution in [0.25, 0.3) is 0 Å². The van der Waals surface area contributed by atoms with Crippen molar-refractivity contribution >= 4 is 23.4 Å². The molecule has 1 fully saturated rings. The average molecular weight is 361 g/mol. The van der Waals surface area contributed by atoms with Gasteiger partial charge in [0, 0.05) is 36.8 Å². The number of benzene rings is 1. The third-order valence-electron chi connectivity index (χ3n) is 4.04. The standard InChI is InChI=1S/C17H23N5O2S/c1-21-7-9-22(10-8-21)17-19-15(23-2)14(16(20-17)24-3)25-13-6-4-5-12(18)11-13/h4-6,11H,7-10,18H2,1-3H3. The highest BCUT2D eigenvalue weighted by Crippen LogP contribution is 2.41. The van der Waals surface area contributed by atoms with E-state index in [0.717, 1.165) is 36.0 Å². The minimum Gasteiger partial charge on any atom is -0.480 e. The third-order valence-corrected chi connectivity index (χ3v) is 5.09. The van der Waals surface area contributed by atoms with E-state index < -0.39 is 0 Å². The number of aromatic nitrogens is 2. The van der Waals surface area contributed by atoms with E-state index >= 15 is 0 Å². The number of nitrogens with two attached hydrogens (primary N) is 1. The zero-order valence-electron chi connectivity index (χ0n) is 14.7. The molecule has 134 valence electrons. The summed E-state index contributed by atoms with van der Waals surface area (Å²) in [5.41, 5.74) is 6.57. The monoisotopic (exact) mass is 361 g/mol. The molecule has 0 unspecified atom stereocenters. The molecule has 0 saturated carbocycles. The molecule has 3 rings (SSSR count). The van der Waals surface area contributed by atoms with Crippen molar-refractivity contribution in [2.45, 2.75) is 9.79 Å². The molecule has 0 radical (unpaired) electrons. The Hall–Kier alpha value is -2.19. The minimum absolute atomic E-state index is 0.508. The van der Waals surface area contributed by atoms with Gasteiger partial charge in [-0.05, 0) is 25.2 Å². The van der Waals surface area contributed by atoms with Crippen LogP contribution in [0.1, 0.15) is 0 Å². The molecule has 1 aliphatic rings. The van der Waals surface area contributed by atoms with Gasteiger partial charge in [-0.25, -0.2) is 0 Å². The first-order valence-corrected chi connectivity index (χ1v) is 8.89. The van der Waals surface area contributed by atoms with E-state index in [4.69, 9.17) is 15.2 Å². The van der Waals surface area contributed by atoms with E-state index in [1.165, 1.54) is 11.8 Å². The van der Waals surface area contributed by atoms with E-state index in [0.29, 0.717) is 23.4 Å². The van der Waals surface area contributed by atoms with Crippen molar-refractivity contribution in [2.75, 3.05) is 58.1 Å². The number of hydrogen-bond acceptors (Lipinski definition) is 8. The molecule has 0 bridgehead atoms. The van der Waals surface area contributed by atoms with Gasteiger partial charge >= 0.3 is 0 Å². The van der Waals surface area contributed by atoms with Crippen LogP contribution in [0.4, 0.5) is 11.6 Å². The van der Waals surface area contributed by atoms with Crippen molar-refractivity contribution in [3.8, 4) is 11.8 Å². The van der Waals surface area contributed by atoms with Gasteiger partial charge in [0.2, 0.25) is 17.7 Å². The maximum absolute atomic E-state index is 5.87. The summed E-state index contributed by atoms with van der Waals surface area (Å²) in [5, 5.41) is 0. The SMILES string of the molecule is COc1nc(N2CCN(C)CC2)nc(OC)c1Sc1cccc(N)c1. The number of ether oxygens (including phenoxy) is 2. The summed E-state index contributed by atoms with van der Waals surface area (Å²) < 4.78 is 11.0. The Morgan fingerprint density at radius 3 is 2.24 bits per heavy atom. The quantitative estimate of drug-likeness (QED) is 0.810. The van der Waals surface area contributed by atoms with E-state index in [1.54, 1.807) is 14.2 Å². The van der Waals surface area contributed by atoms with Crippen LogP contribution in [0.3, 0.4) is 0 Å². The lowest BCUT2D eigenvalue weighted by molar-refractivity contribution is 0.308. The Kier molecular flexibility index (Phi) is 5.50. The van der Waals surface area contributed by atoms with E-state index in [1.807, 2.05) is 24.3 Å². The number of methoxy groups -OCH3 is 2. The molecule has 1 aromatic heterocycles. The highest BCUT2D eigenvalue weighted by atomic mass is 32.2.